The van der Waals surface area contributed by atoms with Crippen molar-refractivity contribution in [1.82, 2.24) is 9.80 Å². The highest BCUT2D eigenvalue weighted by Gasteiger charge is 2.30. The van der Waals surface area contributed by atoms with Crippen molar-refractivity contribution < 1.29 is 13.9 Å². The quantitative estimate of drug-likeness (QED) is 0.508. The predicted octanol–water partition coefficient (Wildman–Crippen LogP) is -0.361. The van der Waals surface area contributed by atoms with Crippen LogP contribution in [0.15, 0.2) is 32.4 Å². The lowest BCUT2D eigenvalue weighted by Gasteiger charge is -2.36. The van der Waals surface area contributed by atoms with Gasteiger partial charge in [0.2, 0.25) is 6.41 Å². The number of morpholine rings is 1. The third-order valence-corrected chi connectivity index (χ3v) is 5.49. The fraction of sp³-hybridized carbons (Fsp3) is 0.526. The number of hydrogen-bond donors (Lipinski definition) is 1. The van der Waals surface area contributed by atoms with Gasteiger partial charge in [0.1, 0.15) is 17.1 Å². The van der Waals surface area contributed by atoms with Crippen molar-refractivity contribution in [3.63, 3.8) is 0 Å². The van der Waals surface area contributed by atoms with Crippen molar-refractivity contribution >= 4 is 17.8 Å². The molecule has 2 aliphatic rings. The molecule has 9 heteroatoms. The number of amides is 1. The molecule has 0 radical (unpaired) electrons. The van der Waals surface area contributed by atoms with Gasteiger partial charge < -0.3 is 24.3 Å². The second kappa shape index (κ2) is 8.15. The monoisotopic (exact) mass is 388 g/mol. The number of carbonyl (C=O) groups is 1. The molecule has 0 bridgehead atoms. The van der Waals surface area contributed by atoms with E-state index in [1.807, 2.05) is 17.0 Å². The normalized spacial score (nSPS) is 19.7. The van der Waals surface area contributed by atoms with Gasteiger partial charge in [0.15, 0.2) is 0 Å². The first-order valence-electron chi connectivity index (χ1n) is 9.55. The molecule has 2 saturated heterocycles. The van der Waals surface area contributed by atoms with Crippen molar-refractivity contribution in [2.75, 3.05) is 69.2 Å². The lowest BCUT2D eigenvalue weighted by molar-refractivity contribution is -0.118. The highest BCUT2D eigenvalue weighted by atomic mass is 16.5. The van der Waals surface area contributed by atoms with Gasteiger partial charge >= 0.3 is 0 Å². The van der Waals surface area contributed by atoms with Crippen molar-refractivity contribution in [1.29, 1.82) is 0 Å². The lowest BCUT2D eigenvalue weighted by Crippen LogP contribution is -2.51. The molecule has 4 rings (SSSR count). The summed E-state index contributed by atoms with van der Waals surface area (Å²) in [5, 5.41) is 3.20. The minimum atomic E-state index is -0.479. The number of piperazine rings is 1. The predicted molar refractivity (Wildman–Crippen MR) is 104 cm³/mol. The Balaban J connectivity index is 1.48. The fourth-order valence-corrected chi connectivity index (χ4v) is 3.87. The Morgan fingerprint density at radius 3 is 2.46 bits per heavy atom. The fourth-order valence-electron chi connectivity index (χ4n) is 3.87. The van der Waals surface area contributed by atoms with Gasteiger partial charge in [0, 0.05) is 45.8 Å². The molecule has 2 fully saturated rings. The molecule has 0 aliphatic carbocycles. The molecule has 28 heavy (non-hydrogen) atoms. The average molecular weight is 388 g/mol. The molecule has 1 atom stereocenters. The Kier molecular flexibility index (Phi) is 5.45. The number of anilines is 2. The maximum atomic E-state index is 12.2. The number of carbonyl (C=O) groups excluding carboxylic acids is 1. The summed E-state index contributed by atoms with van der Waals surface area (Å²) in [6, 6.07) is 3.71. The van der Waals surface area contributed by atoms with Crippen LogP contribution >= 0.6 is 0 Å². The van der Waals surface area contributed by atoms with Crippen LogP contribution in [0.1, 0.15) is 11.8 Å². The lowest BCUT2D eigenvalue weighted by atomic mass is 10.1. The first-order valence-corrected chi connectivity index (χ1v) is 9.55. The summed E-state index contributed by atoms with van der Waals surface area (Å²) in [7, 11) is 0. The van der Waals surface area contributed by atoms with E-state index in [2.05, 4.69) is 10.2 Å². The van der Waals surface area contributed by atoms with E-state index in [0.717, 1.165) is 25.3 Å². The Bertz CT molecular complexity index is 860. The van der Waals surface area contributed by atoms with Crippen LogP contribution < -0.4 is 21.1 Å². The molecular formula is C19H24N4O5. The van der Waals surface area contributed by atoms with Gasteiger partial charge in [-0.3, -0.25) is 19.3 Å². The SMILES string of the molecule is O=CN1CCN(c2c(NCC(c3ccco3)N3CCOCC3)c(=O)c2=O)CC1. The summed E-state index contributed by atoms with van der Waals surface area (Å²) < 4.78 is 11.0. The molecule has 0 spiro atoms. The van der Waals surface area contributed by atoms with Gasteiger partial charge in [0.25, 0.3) is 10.9 Å². The Labute approximate surface area is 162 Å². The molecule has 1 aromatic carbocycles. The molecule has 0 saturated carbocycles. The van der Waals surface area contributed by atoms with Gasteiger partial charge in [-0.2, -0.15) is 0 Å². The average Bonchev–Trinajstić information content (AvgIpc) is 3.28. The van der Waals surface area contributed by atoms with Crippen LogP contribution in [-0.4, -0.2) is 75.2 Å². The number of rotatable bonds is 7. The van der Waals surface area contributed by atoms with E-state index >= 15 is 0 Å². The van der Waals surface area contributed by atoms with Crippen LogP contribution in [0.2, 0.25) is 0 Å². The van der Waals surface area contributed by atoms with Gasteiger partial charge in [-0.05, 0) is 12.1 Å². The summed E-state index contributed by atoms with van der Waals surface area (Å²) in [5.41, 5.74) is -0.124. The first-order chi connectivity index (χ1) is 13.7. The highest BCUT2D eigenvalue weighted by molar-refractivity contribution is 5.75. The second-order valence-corrected chi connectivity index (χ2v) is 7.07. The number of nitrogens with one attached hydrogen (secondary N) is 1. The zero-order valence-electron chi connectivity index (χ0n) is 15.6. The zero-order chi connectivity index (χ0) is 19.5. The minimum Gasteiger partial charge on any atom is -0.468 e. The van der Waals surface area contributed by atoms with Crippen molar-refractivity contribution in [3.8, 4) is 0 Å². The Morgan fingerprint density at radius 1 is 1.07 bits per heavy atom. The van der Waals surface area contributed by atoms with E-state index < -0.39 is 10.9 Å². The van der Waals surface area contributed by atoms with Gasteiger partial charge in [-0.15, -0.1) is 0 Å². The summed E-state index contributed by atoms with van der Waals surface area (Å²) in [6.45, 7) is 5.51. The van der Waals surface area contributed by atoms with E-state index in [1.165, 1.54) is 0 Å². The summed E-state index contributed by atoms with van der Waals surface area (Å²) >= 11 is 0. The largest absolute Gasteiger partial charge is 0.468 e. The first kappa shape index (κ1) is 18.7. The number of ether oxygens (including phenoxy) is 1. The van der Waals surface area contributed by atoms with Crippen molar-refractivity contribution in [3.05, 3.63) is 44.6 Å². The van der Waals surface area contributed by atoms with E-state index in [1.54, 1.807) is 11.2 Å². The summed E-state index contributed by atoms with van der Waals surface area (Å²) in [6.07, 6.45) is 2.45. The third-order valence-electron chi connectivity index (χ3n) is 5.49. The van der Waals surface area contributed by atoms with Crippen molar-refractivity contribution in [2.45, 2.75) is 6.04 Å². The number of nitrogens with zero attached hydrogens (tertiary/aromatic N) is 3. The van der Waals surface area contributed by atoms with Crippen LogP contribution in [0.25, 0.3) is 0 Å². The van der Waals surface area contributed by atoms with Crippen LogP contribution in [0.4, 0.5) is 11.4 Å². The molecule has 2 aliphatic heterocycles. The number of furan rings is 1. The standard InChI is InChI=1S/C19H24N4O5/c24-13-21-3-5-23(6-4-21)17-16(18(25)19(17)26)20-12-14(15-2-1-9-28-15)22-7-10-27-11-8-22/h1-2,9,13-14,20H,3-8,10-12H2. The van der Waals surface area contributed by atoms with E-state index in [0.29, 0.717) is 57.3 Å². The second-order valence-electron chi connectivity index (χ2n) is 7.07. The van der Waals surface area contributed by atoms with Crippen molar-refractivity contribution in [2.24, 2.45) is 0 Å². The molecule has 1 amide bonds. The molecule has 1 aromatic heterocycles. The summed E-state index contributed by atoms with van der Waals surface area (Å²) in [5.74, 6) is 0.814. The van der Waals surface area contributed by atoms with E-state index in [-0.39, 0.29) is 6.04 Å². The van der Waals surface area contributed by atoms with Crippen LogP contribution in [0.3, 0.4) is 0 Å². The smallest absolute Gasteiger partial charge is 0.253 e. The summed E-state index contributed by atoms with van der Waals surface area (Å²) in [4.78, 5) is 41.1. The maximum absolute atomic E-state index is 12.2. The highest BCUT2D eigenvalue weighted by Crippen LogP contribution is 2.26. The van der Waals surface area contributed by atoms with Crippen LogP contribution in [0, 0.1) is 0 Å². The van der Waals surface area contributed by atoms with E-state index in [9.17, 15) is 14.4 Å². The van der Waals surface area contributed by atoms with Gasteiger partial charge in [-0.1, -0.05) is 0 Å². The molecular weight excluding hydrogens is 364 g/mol. The molecule has 150 valence electrons. The van der Waals surface area contributed by atoms with E-state index in [4.69, 9.17) is 9.15 Å². The molecule has 1 unspecified atom stereocenters. The van der Waals surface area contributed by atoms with Crippen LogP contribution in [0.5, 0.6) is 0 Å². The topological polar surface area (TPSA) is 95.3 Å². The molecule has 3 heterocycles. The Hall–Kier alpha value is -2.65. The van der Waals surface area contributed by atoms with Gasteiger partial charge in [0.05, 0.1) is 25.5 Å². The molecule has 2 aromatic rings. The molecule has 1 N–H and O–H groups in total. The van der Waals surface area contributed by atoms with Gasteiger partial charge in [-0.25, -0.2) is 0 Å². The Morgan fingerprint density at radius 2 is 1.82 bits per heavy atom. The number of hydrogen-bond acceptors (Lipinski definition) is 8. The van der Waals surface area contributed by atoms with Crippen LogP contribution in [-0.2, 0) is 9.53 Å². The minimum absolute atomic E-state index is 0.0527. The zero-order valence-corrected chi connectivity index (χ0v) is 15.6. The maximum Gasteiger partial charge on any atom is 0.253 e. The molecule has 9 nitrogen and oxygen atoms in total. The third kappa shape index (κ3) is 3.55.